The Kier molecular flexibility index (Phi) is 9.10. The zero-order valence-electron chi connectivity index (χ0n) is 20.9. The number of azo groups is 1. The molecule has 0 saturated carbocycles. The summed E-state index contributed by atoms with van der Waals surface area (Å²) in [6.07, 6.45) is 2.98. The number of halogens is 3. The van der Waals surface area contributed by atoms with Crippen LogP contribution in [0.15, 0.2) is 22.4 Å². The first-order valence-electron chi connectivity index (χ1n) is 11.8. The van der Waals surface area contributed by atoms with Gasteiger partial charge in [0.05, 0.1) is 12.3 Å². The molecule has 3 rings (SSSR count). The molecule has 2 aromatic rings. The lowest BCUT2D eigenvalue weighted by atomic mass is 9.94. The fourth-order valence-corrected chi connectivity index (χ4v) is 4.82. The van der Waals surface area contributed by atoms with Gasteiger partial charge in [-0.3, -0.25) is 4.72 Å². The minimum absolute atomic E-state index is 0.0418. The summed E-state index contributed by atoms with van der Waals surface area (Å²) in [5.41, 5.74) is -4.56. The summed E-state index contributed by atoms with van der Waals surface area (Å²) in [7, 11) is -5.71. The van der Waals surface area contributed by atoms with Gasteiger partial charge in [-0.1, -0.05) is 38.5 Å². The predicted octanol–water partition coefficient (Wildman–Crippen LogP) is 5.97. The topological polar surface area (TPSA) is 126 Å². The largest absolute Gasteiger partial charge is 0.516 e. The third-order valence-corrected chi connectivity index (χ3v) is 7.43. The Hall–Kier alpha value is -2.81. The van der Waals surface area contributed by atoms with Gasteiger partial charge in [0.25, 0.3) is 5.13 Å². The van der Waals surface area contributed by atoms with Gasteiger partial charge in [0, 0.05) is 18.3 Å². The van der Waals surface area contributed by atoms with E-state index in [2.05, 4.69) is 25.3 Å². The number of nitrogens with one attached hydrogen (secondary N) is 1. The Morgan fingerprint density at radius 1 is 1.30 bits per heavy atom. The van der Waals surface area contributed by atoms with Crippen molar-refractivity contribution in [1.82, 2.24) is 10.2 Å². The van der Waals surface area contributed by atoms with Gasteiger partial charge in [0.2, 0.25) is 5.01 Å². The number of aromatic nitrogens is 2. The minimum Gasteiger partial charge on any atom is -0.460 e. The molecule has 2 heterocycles. The molecule has 15 heteroatoms. The molecular weight excluding hydrogens is 533 g/mol. The molecule has 1 aliphatic rings. The smallest absolute Gasteiger partial charge is 0.460 e. The van der Waals surface area contributed by atoms with Crippen molar-refractivity contribution in [3.8, 4) is 0 Å². The second-order valence-electron chi connectivity index (χ2n) is 9.06. The molecule has 37 heavy (non-hydrogen) atoms. The summed E-state index contributed by atoms with van der Waals surface area (Å²) in [5, 5.41) is 15.2. The Labute approximate surface area is 217 Å². The number of esters is 1. The molecule has 0 fully saturated rings. The SMILES string of the molecule is CCCCOC(=O)c1nnc(N=Nc2cc3c(cc2NS(=O)(=O)C(F)(F)F)N(CC(C)C)C(C)CC3)s1. The van der Waals surface area contributed by atoms with Gasteiger partial charge in [-0.05, 0) is 49.8 Å². The van der Waals surface area contributed by atoms with E-state index in [9.17, 15) is 26.4 Å². The number of hydrogen-bond acceptors (Lipinski definition) is 10. The summed E-state index contributed by atoms with van der Waals surface area (Å²) >= 11 is 0.794. The average Bonchev–Trinajstić information content (AvgIpc) is 3.28. The number of hydrogen-bond donors (Lipinski definition) is 1. The summed E-state index contributed by atoms with van der Waals surface area (Å²) in [6, 6.07) is 3.00. The number of unbranched alkanes of at least 4 members (excludes halogenated alkanes) is 1. The fraction of sp³-hybridized carbons (Fsp3) is 0.591. The molecule has 1 N–H and O–H groups in total. The van der Waals surface area contributed by atoms with Gasteiger partial charge in [-0.25, -0.2) is 4.79 Å². The van der Waals surface area contributed by atoms with Gasteiger partial charge >= 0.3 is 21.5 Å². The first-order valence-corrected chi connectivity index (χ1v) is 14.1. The Balaban J connectivity index is 1.98. The van der Waals surface area contributed by atoms with Crippen LogP contribution in [-0.2, 0) is 21.2 Å². The number of carbonyl (C=O) groups is 1. The molecule has 1 unspecified atom stereocenters. The number of rotatable bonds is 10. The van der Waals surface area contributed by atoms with Crippen LogP contribution in [0.1, 0.15) is 62.3 Å². The highest BCUT2D eigenvalue weighted by molar-refractivity contribution is 7.93. The third kappa shape index (κ3) is 7.15. The van der Waals surface area contributed by atoms with Crippen LogP contribution in [-0.4, -0.2) is 49.3 Å². The van der Waals surface area contributed by atoms with E-state index in [1.54, 1.807) is 4.72 Å². The van der Waals surface area contributed by atoms with E-state index in [-0.39, 0.29) is 40.1 Å². The van der Waals surface area contributed by atoms with E-state index in [4.69, 9.17) is 4.74 Å². The summed E-state index contributed by atoms with van der Waals surface area (Å²) in [6.45, 7) is 8.88. The van der Waals surface area contributed by atoms with Gasteiger partial charge < -0.3 is 9.64 Å². The predicted molar refractivity (Wildman–Crippen MR) is 134 cm³/mol. The lowest BCUT2D eigenvalue weighted by Gasteiger charge is -2.38. The van der Waals surface area contributed by atoms with Crippen LogP contribution in [0.3, 0.4) is 0 Å². The summed E-state index contributed by atoms with van der Waals surface area (Å²) < 4.78 is 70.0. The molecule has 0 saturated heterocycles. The number of alkyl halides is 3. The van der Waals surface area contributed by atoms with Crippen LogP contribution >= 0.6 is 11.3 Å². The van der Waals surface area contributed by atoms with Gasteiger partial charge in [0.15, 0.2) is 0 Å². The number of sulfonamides is 1. The van der Waals surface area contributed by atoms with E-state index >= 15 is 0 Å². The number of ether oxygens (including phenoxy) is 1. The molecule has 1 aliphatic heterocycles. The third-order valence-electron chi connectivity index (χ3n) is 5.54. The number of aryl methyl sites for hydroxylation is 1. The molecule has 0 spiro atoms. The fourth-order valence-electron chi connectivity index (χ4n) is 3.69. The van der Waals surface area contributed by atoms with Crippen molar-refractivity contribution < 1.29 is 31.1 Å². The number of nitrogens with zero attached hydrogens (tertiary/aromatic N) is 5. The zero-order valence-corrected chi connectivity index (χ0v) is 22.5. The van der Waals surface area contributed by atoms with Gasteiger partial charge in [-0.15, -0.1) is 20.4 Å². The van der Waals surface area contributed by atoms with Crippen LogP contribution in [0.2, 0.25) is 0 Å². The number of carbonyl (C=O) groups excluding carboxylic acids is 1. The Morgan fingerprint density at radius 3 is 2.68 bits per heavy atom. The quantitative estimate of drug-likeness (QED) is 0.215. The molecule has 1 aromatic carbocycles. The maximum absolute atomic E-state index is 13.2. The van der Waals surface area contributed by atoms with Gasteiger partial charge in [0.1, 0.15) is 5.69 Å². The highest BCUT2D eigenvalue weighted by atomic mass is 32.2. The van der Waals surface area contributed by atoms with Crippen LogP contribution in [0, 0.1) is 5.92 Å². The number of fused-ring (bicyclic) bond motifs is 1. The van der Waals surface area contributed by atoms with Crippen LogP contribution < -0.4 is 9.62 Å². The Bertz CT molecular complexity index is 1250. The first-order chi connectivity index (χ1) is 17.3. The lowest BCUT2D eigenvalue weighted by Crippen LogP contribution is -2.39. The molecule has 1 atom stereocenters. The minimum atomic E-state index is -5.71. The maximum Gasteiger partial charge on any atom is 0.516 e. The number of anilines is 2. The van der Waals surface area contributed by atoms with Crippen molar-refractivity contribution in [3.63, 3.8) is 0 Å². The second kappa shape index (κ2) is 11.7. The molecule has 1 aromatic heterocycles. The molecular formula is C22H29F3N6O4S2. The molecule has 0 radical (unpaired) electrons. The van der Waals surface area contributed by atoms with E-state index in [1.165, 1.54) is 12.1 Å². The molecule has 10 nitrogen and oxygen atoms in total. The second-order valence-corrected chi connectivity index (χ2v) is 11.7. The summed E-state index contributed by atoms with van der Waals surface area (Å²) in [4.78, 5) is 14.1. The van der Waals surface area contributed by atoms with Crippen LogP contribution in [0.5, 0.6) is 0 Å². The molecule has 204 valence electrons. The number of benzene rings is 1. The Morgan fingerprint density at radius 2 is 2.03 bits per heavy atom. The van der Waals surface area contributed by atoms with Crippen molar-refractivity contribution in [1.29, 1.82) is 0 Å². The van der Waals surface area contributed by atoms with E-state index in [0.717, 1.165) is 29.7 Å². The van der Waals surface area contributed by atoms with E-state index < -0.39 is 21.5 Å². The van der Waals surface area contributed by atoms with Crippen molar-refractivity contribution in [2.45, 2.75) is 64.9 Å². The van der Waals surface area contributed by atoms with Gasteiger partial charge in [-0.2, -0.15) is 21.6 Å². The maximum atomic E-state index is 13.2. The van der Waals surface area contributed by atoms with Crippen molar-refractivity contribution in [2.24, 2.45) is 16.1 Å². The van der Waals surface area contributed by atoms with E-state index in [1.807, 2.05) is 27.7 Å². The zero-order chi connectivity index (χ0) is 27.4. The molecule has 0 aliphatic carbocycles. The lowest BCUT2D eigenvalue weighted by molar-refractivity contribution is -0.0429. The van der Waals surface area contributed by atoms with Crippen molar-refractivity contribution in [3.05, 3.63) is 22.7 Å². The van der Waals surface area contributed by atoms with Crippen LogP contribution in [0.4, 0.5) is 35.4 Å². The highest BCUT2D eigenvalue weighted by Crippen LogP contribution is 2.41. The average molecular weight is 563 g/mol. The first kappa shape index (κ1) is 28.8. The van der Waals surface area contributed by atoms with Crippen LogP contribution in [0.25, 0.3) is 0 Å². The van der Waals surface area contributed by atoms with Crippen molar-refractivity contribution >= 4 is 49.5 Å². The molecule has 0 bridgehead atoms. The summed E-state index contributed by atoms with van der Waals surface area (Å²) in [5.74, 6) is -0.400. The standard InChI is InChI=1S/C22H29F3N6O4S2/c1-5-6-9-35-20(32)19-27-29-21(36-19)28-26-16-10-15-8-7-14(4)31(12-13(2)3)18(15)11-17(16)30-37(33,34)22(23,24)25/h10-11,13-14,30H,5-9,12H2,1-4H3. The normalized spacial score (nSPS) is 16.3. The molecule has 0 amide bonds. The van der Waals surface area contributed by atoms with E-state index in [0.29, 0.717) is 25.1 Å². The monoisotopic (exact) mass is 562 g/mol. The van der Waals surface area contributed by atoms with Crippen molar-refractivity contribution in [2.75, 3.05) is 22.8 Å². The highest BCUT2D eigenvalue weighted by Gasteiger charge is 2.46.